The van der Waals surface area contributed by atoms with Gasteiger partial charge in [0.2, 0.25) is 0 Å². The Morgan fingerprint density at radius 2 is 1.43 bits per heavy atom. The zero-order valence-electron chi connectivity index (χ0n) is 38.0. The molecule has 0 radical (unpaired) electrons. The van der Waals surface area contributed by atoms with E-state index in [-0.39, 0.29) is 40.7 Å². The van der Waals surface area contributed by atoms with Gasteiger partial charge in [-0.3, -0.25) is 37.0 Å². The molecule has 3 fully saturated rings. The Morgan fingerprint density at radius 1 is 0.806 bits per heavy atom. The summed E-state index contributed by atoms with van der Waals surface area (Å²) in [4.78, 5) is 62.4. The molecule has 0 bridgehead atoms. The SMILES string of the molecule is NCCCOCCOCCOCCOc1ccc(C(=O)Oc2ccc(CSP3(=O)OC[C@H]4O[C@@H](n5cnc6c(N)ncnc65)[C@H](F)[C@@H]4OP(=O)(O)OC[C@H]4O[C@@H](n5ccc(=O)[nH]c5=O)[C@H](F)[C@@H]4O3)cc2)cc1. The van der Waals surface area contributed by atoms with Gasteiger partial charge in [0.05, 0.1) is 58.1 Å². The van der Waals surface area contributed by atoms with Crippen molar-refractivity contribution in [1.29, 1.82) is 0 Å². The number of rotatable bonds is 20. The lowest BCUT2D eigenvalue weighted by atomic mass is 10.1. The lowest BCUT2D eigenvalue weighted by molar-refractivity contribution is -0.0619. The number of benzene rings is 2. The normalized spacial score (nSPS) is 27.7. The highest BCUT2D eigenvalue weighted by Crippen LogP contribution is 2.65. The van der Waals surface area contributed by atoms with E-state index in [0.717, 1.165) is 35.9 Å². The van der Waals surface area contributed by atoms with Gasteiger partial charge in [-0.25, -0.2) is 42.5 Å². The van der Waals surface area contributed by atoms with Crippen molar-refractivity contribution in [3.8, 4) is 11.5 Å². The molecule has 8 rings (SSSR count). The maximum atomic E-state index is 16.5. The first kappa shape index (κ1) is 53.3. The minimum atomic E-state index is -5.25. The van der Waals surface area contributed by atoms with Gasteiger partial charge in [0.15, 0.2) is 36.3 Å². The zero-order valence-corrected chi connectivity index (χ0v) is 40.6. The quantitative estimate of drug-likeness (QED) is 0.0376. The summed E-state index contributed by atoms with van der Waals surface area (Å²) in [7, 11) is -5.25. The number of nitrogens with one attached hydrogen (secondary N) is 1. The number of imidazole rings is 1. The molecule has 3 aliphatic rings. The standard InChI is InChI=1S/C42H50F2N8O17P2S/c43-32-35-30(67-40(32)52-24-49-34-37(46)47-23-48-38(34)52)21-64-71(58,69-36-29(20-63-70(56,57)68-35)66-39(33(36)44)51-12-10-31(53)50-42(51)55)72-22-25-2-6-28(7-3-25)65-41(54)26-4-8-27(9-5-26)62-19-18-61-17-16-60-15-14-59-13-1-11-45/h2-10,12,23-24,29-30,32-33,35-36,39-40H,1,11,13-22,45H2,(H,56,57)(H2,46,47,48)(H,50,53,55)/t29-,30-,32-,33-,35-,36-,39-,40-,71?/m1/s1. The summed E-state index contributed by atoms with van der Waals surface area (Å²) >= 11 is 0.577. The number of nitrogens with zero attached hydrogens (tertiary/aromatic N) is 5. The number of carbonyl (C=O) groups excluding carboxylic acids is 1. The van der Waals surface area contributed by atoms with Crippen molar-refractivity contribution in [2.24, 2.45) is 5.73 Å². The van der Waals surface area contributed by atoms with Crippen LogP contribution in [0.5, 0.6) is 11.5 Å². The van der Waals surface area contributed by atoms with E-state index >= 15 is 8.78 Å². The highest BCUT2D eigenvalue weighted by atomic mass is 32.7. The van der Waals surface area contributed by atoms with Crippen LogP contribution in [0.3, 0.4) is 0 Å². The van der Waals surface area contributed by atoms with Crippen molar-refractivity contribution in [2.45, 2.75) is 61.4 Å². The monoisotopic (exact) mass is 1070 g/mol. The number of aromatic amines is 1. The molecule has 72 heavy (non-hydrogen) atoms. The predicted octanol–water partition coefficient (Wildman–Crippen LogP) is 3.39. The topological polar surface area (TPSA) is 323 Å². The van der Waals surface area contributed by atoms with E-state index in [1.807, 2.05) is 4.98 Å². The number of nitrogen functional groups attached to an aromatic ring is 1. The molecule has 0 amide bonds. The van der Waals surface area contributed by atoms with E-state index in [9.17, 15) is 28.4 Å². The minimum absolute atomic E-state index is 0.0224. The van der Waals surface area contributed by atoms with Crippen LogP contribution in [0.25, 0.3) is 11.2 Å². The second kappa shape index (κ2) is 24.3. The summed E-state index contributed by atoms with van der Waals surface area (Å²) in [5, 5.41) is 0. The third-order valence-electron chi connectivity index (χ3n) is 11.0. The number of esters is 1. The van der Waals surface area contributed by atoms with E-state index in [4.69, 9.17) is 62.7 Å². The molecule has 3 aliphatic heterocycles. The average Bonchev–Trinajstić information content (AvgIpc) is 4.02. The molecular weight excluding hydrogens is 1020 g/mol. The number of ether oxygens (including phenoxy) is 7. The van der Waals surface area contributed by atoms with Gasteiger partial charge >= 0.3 is 26.3 Å². The fraction of sp³-hybridized carbons (Fsp3) is 0.476. The number of alkyl halides is 2. The maximum absolute atomic E-state index is 16.5. The Bertz CT molecular complexity index is 2830. The van der Waals surface area contributed by atoms with Gasteiger partial charge < -0.3 is 49.5 Å². The van der Waals surface area contributed by atoms with Crippen LogP contribution in [-0.4, -0.2) is 143 Å². The molecule has 5 aromatic rings. The third kappa shape index (κ3) is 13.4. The molecule has 6 heterocycles. The molecule has 2 unspecified atom stereocenters. The average molecular weight is 1070 g/mol. The molecule has 30 heteroatoms. The second-order valence-electron chi connectivity index (χ2n) is 15.9. The van der Waals surface area contributed by atoms with Crippen LogP contribution in [0.4, 0.5) is 14.6 Å². The zero-order chi connectivity index (χ0) is 50.8. The van der Waals surface area contributed by atoms with Gasteiger partial charge in [-0.2, -0.15) is 0 Å². The first-order chi connectivity index (χ1) is 34.7. The van der Waals surface area contributed by atoms with Crippen molar-refractivity contribution in [3.63, 3.8) is 0 Å². The van der Waals surface area contributed by atoms with Gasteiger partial charge in [-0.15, -0.1) is 0 Å². The second-order valence-corrected chi connectivity index (χ2v) is 21.4. The molecule has 10 atom stereocenters. The van der Waals surface area contributed by atoms with Gasteiger partial charge in [0.25, 0.3) is 5.56 Å². The smallest absolute Gasteiger partial charge is 0.472 e. The molecule has 2 aromatic carbocycles. The number of fused-ring (bicyclic) bond motifs is 3. The number of hydrogen-bond donors (Lipinski definition) is 4. The molecule has 0 aliphatic carbocycles. The molecular formula is C42H50F2N8O17P2S. The van der Waals surface area contributed by atoms with Crippen LogP contribution < -0.4 is 32.2 Å². The van der Waals surface area contributed by atoms with E-state index in [2.05, 4.69) is 15.0 Å². The molecule has 3 aromatic heterocycles. The first-order valence-electron chi connectivity index (χ1n) is 22.2. The lowest BCUT2D eigenvalue weighted by Crippen LogP contribution is -2.38. The summed E-state index contributed by atoms with van der Waals surface area (Å²) < 4.78 is 125. The van der Waals surface area contributed by atoms with Crippen LogP contribution in [0, 0.1) is 0 Å². The van der Waals surface area contributed by atoms with Crippen molar-refractivity contribution in [2.75, 3.05) is 71.7 Å². The molecule has 390 valence electrons. The van der Waals surface area contributed by atoms with Crippen LogP contribution >= 0.6 is 26.0 Å². The van der Waals surface area contributed by atoms with Crippen LogP contribution in [0.1, 0.15) is 34.8 Å². The largest absolute Gasteiger partial charge is 0.491 e. The first-order valence-corrected chi connectivity index (χ1v) is 26.9. The van der Waals surface area contributed by atoms with Crippen molar-refractivity contribution in [3.05, 3.63) is 105 Å². The Balaban J connectivity index is 0.913. The Hall–Kier alpha value is -5.03. The number of halogens is 2. The molecule has 0 spiro atoms. The number of aromatic nitrogens is 6. The van der Waals surface area contributed by atoms with Gasteiger partial charge in [0.1, 0.15) is 54.4 Å². The summed E-state index contributed by atoms with van der Waals surface area (Å²) in [6, 6.07) is 13.3. The highest BCUT2D eigenvalue weighted by molar-refractivity contribution is 8.54. The summed E-state index contributed by atoms with van der Waals surface area (Å²) in [5.41, 5.74) is 10.3. The molecule has 0 saturated carbocycles. The number of anilines is 1. The van der Waals surface area contributed by atoms with Crippen LogP contribution in [0.2, 0.25) is 0 Å². The molecule has 25 nitrogen and oxygen atoms in total. The predicted molar refractivity (Wildman–Crippen MR) is 249 cm³/mol. The van der Waals surface area contributed by atoms with Gasteiger partial charge in [-0.1, -0.05) is 12.1 Å². The lowest BCUT2D eigenvalue weighted by Gasteiger charge is -2.29. The number of carbonyl (C=O) groups is 1. The van der Waals surface area contributed by atoms with Gasteiger partial charge in [-0.05, 0) is 66.3 Å². The third-order valence-corrected chi connectivity index (χ3v) is 15.6. The Kier molecular flexibility index (Phi) is 18.0. The van der Waals surface area contributed by atoms with Crippen molar-refractivity contribution >= 4 is 49.0 Å². The van der Waals surface area contributed by atoms with Crippen LogP contribution in [0.15, 0.2) is 83.0 Å². The summed E-state index contributed by atoms with van der Waals surface area (Å²) in [6.07, 6.45) is -11.1. The Labute approximate surface area is 411 Å². The minimum Gasteiger partial charge on any atom is -0.491 e. The fourth-order valence-corrected chi connectivity index (χ4v) is 11.7. The Morgan fingerprint density at radius 3 is 2.11 bits per heavy atom. The van der Waals surface area contributed by atoms with E-state index in [1.54, 1.807) is 24.3 Å². The van der Waals surface area contributed by atoms with Crippen molar-refractivity contribution in [1.82, 2.24) is 29.1 Å². The van der Waals surface area contributed by atoms with Crippen molar-refractivity contribution < 1.29 is 78.9 Å². The molecule has 6 N–H and O–H groups in total. The van der Waals surface area contributed by atoms with Crippen LogP contribution in [-0.2, 0) is 56.7 Å². The maximum Gasteiger partial charge on any atom is 0.472 e. The van der Waals surface area contributed by atoms with Gasteiger partial charge in [0, 0.05) is 24.6 Å². The van der Waals surface area contributed by atoms with E-state index in [0.29, 0.717) is 73.4 Å². The number of phosphoric acid groups is 1. The van der Waals surface area contributed by atoms with E-state index < -0.39 is 94.3 Å². The number of phosphoric ester groups is 1. The van der Waals surface area contributed by atoms with E-state index in [1.165, 1.54) is 24.3 Å². The number of hydrogen-bond acceptors (Lipinski definition) is 22. The highest BCUT2D eigenvalue weighted by Gasteiger charge is 2.55. The molecule has 3 saturated heterocycles. The number of nitrogens with two attached hydrogens (primary N) is 2. The summed E-state index contributed by atoms with van der Waals surface area (Å²) in [6.45, 7) is -2.95. The fourth-order valence-electron chi connectivity index (χ4n) is 7.41. The number of H-pyrrole nitrogens is 1. The summed E-state index contributed by atoms with van der Waals surface area (Å²) in [5.74, 6) is -0.158.